The first-order valence-corrected chi connectivity index (χ1v) is 6.96. The highest BCUT2D eigenvalue weighted by molar-refractivity contribution is 6.31. The van der Waals surface area contributed by atoms with Crippen LogP contribution < -0.4 is 5.32 Å². The third-order valence-corrected chi connectivity index (χ3v) is 4.36. The zero-order chi connectivity index (χ0) is 11.7. The monoisotopic (exact) mass is 250 g/mol. The van der Waals surface area contributed by atoms with Gasteiger partial charge in [0.1, 0.15) is 0 Å². The van der Waals surface area contributed by atoms with E-state index in [4.69, 9.17) is 11.6 Å². The summed E-state index contributed by atoms with van der Waals surface area (Å²) < 4.78 is 0. The van der Waals surface area contributed by atoms with Crippen LogP contribution in [0.25, 0.3) is 0 Å². The van der Waals surface area contributed by atoms with Gasteiger partial charge in [0, 0.05) is 37.2 Å². The highest BCUT2D eigenvalue weighted by Crippen LogP contribution is 2.37. The molecule has 0 spiro atoms. The van der Waals surface area contributed by atoms with Gasteiger partial charge in [-0.15, -0.1) is 0 Å². The van der Waals surface area contributed by atoms with Crippen LogP contribution >= 0.6 is 11.6 Å². The average Bonchev–Trinajstić information content (AvgIpc) is 2.40. The lowest BCUT2D eigenvalue weighted by molar-refractivity contribution is 0.158. The number of hydrogen-bond acceptors (Lipinski definition) is 2. The lowest BCUT2D eigenvalue weighted by Crippen LogP contribution is -2.45. The molecular weight excluding hydrogens is 232 g/mol. The Morgan fingerprint density at radius 1 is 1.24 bits per heavy atom. The van der Waals surface area contributed by atoms with E-state index in [0.717, 1.165) is 37.6 Å². The molecular formula is C14H19ClN2. The van der Waals surface area contributed by atoms with Gasteiger partial charge in [-0.1, -0.05) is 23.7 Å². The Bertz CT molecular complexity index is 399. The molecule has 1 aromatic rings. The number of rotatable bonds is 1. The molecule has 3 rings (SSSR count). The Morgan fingerprint density at radius 3 is 2.88 bits per heavy atom. The van der Waals surface area contributed by atoms with Crippen molar-refractivity contribution in [2.75, 3.05) is 26.2 Å². The highest BCUT2D eigenvalue weighted by Gasteiger charge is 2.27. The molecule has 1 aliphatic carbocycles. The lowest BCUT2D eigenvalue weighted by atomic mass is 9.86. The van der Waals surface area contributed by atoms with Crippen LogP contribution in [0.3, 0.4) is 0 Å². The first-order chi connectivity index (χ1) is 8.36. The van der Waals surface area contributed by atoms with E-state index in [9.17, 15) is 0 Å². The normalized spacial score (nSPS) is 25.6. The molecule has 1 unspecified atom stereocenters. The standard InChI is InChI=1S/C14H19ClN2/c15-13-5-1-4-12-11(13)3-2-6-14(12)17-9-7-16-8-10-17/h1,4-5,14,16H,2-3,6-10H2. The van der Waals surface area contributed by atoms with Gasteiger partial charge in [-0.05, 0) is 36.5 Å². The maximum absolute atomic E-state index is 6.32. The second-order valence-corrected chi connectivity index (χ2v) is 5.41. The molecule has 17 heavy (non-hydrogen) atoms. The quantitative estimate of drug-likeness (QED) is 0.824. The molecule has 0 aromatic heterocycles. The van der Waals surface area contributed by atoms with E-state index >= 15 is 0 Å². The van der Waals surface area contributed by atoms with Crippen molar-refractivity contribution >= 4 is 11.6 Å². The van der Waals surface area contributed by atoms with Gasteiger partial charge in [0.05, 0.1) is 0 Å². The first kappa shape index (κ1) is 11.5. The van der Waals surface area contributed by atoms with Gasteiger partial charge in [0.2, 0.25) is 0 Å². The van der Waals surface area contributed by atoms with Gasteiger partial charge in [-0.2, -0.15) is 0 Å². The van der Waals surface area contributed by atoms with E-state index in [1.54, 1.807) is 0 Å². The summed E-state index contributed by atoms with van der Waals surface area (Å²) in [6.07, 6.45) is 3.70. The number of hydrogen-bond donors (Lipinski definition) is 1. The fourth-order valence-electron chi connectivity index (χ4n) is 3.15. The predicted molar refractivity (Wildman–Crippen MR) is 71.6 cm³/mol. The SMILES string of the molecule is Clc1cccc2c1CCCC2N1CCNCC1. The van der Waals surface area contributed by atoms with E-state index in [1.165, 1.54) is 24.0 Å². The maximum atomic E-state index is 6.32. The summed E-state index contributed by atoms with van der Waals surface area (Å²) in [5.41, 5.74) is 2.87. The van der Waals surface area contributed by atoms with E-state index in [0.29, 0.717) is 6.04 Å². The summed E-state index contributed by atoms with van der Waals surface area (Å²) in [6, 6.07) is 6.99. The Hall–Kier alpha value is -0.570. The summed E-state index contributed by atoms with van der Waals surface area (Å²) in [5, 5.41) is 4.38. The van der Waals surface area contributed by atoms with E-state index in [2.05, 4.69) is 22.3 Å². The molecule has 3 heteroatoms. The molecule has 1 aliphatic heterocycles. The second-order valence-electron chi connectivity index (χ2n) is 5.00. The van der Waals surface area contributed by atoms with Crippen molar-refractivity contribution in [3.05, 3.63) is 34.3 Å². The number of nitrogens with one attached hydrogen (secondary N) is 1. The van der Waals surface area contributed by atoms with Crippen LogP contribution in [0.5, 0.6) is 0 Å². The smallest absolute Gasteiger partial charge is 0.0441 e. The molecule has 1 saturated heterocycles. The van der Waals surface area contributed by atoms with Crippen LogP contribution in [-0.4, -0.2) is 31.1 Å². The molecule has 1 atom stereocenters. The summed E-state index contributed by atoms with van der Waals surface area (Å²) in [4.78, 5) is 2.62. The molecule has 0 bridgehead atoms. The zero-order valence-corrected chi connectivity index (χ0v) is 10.8. The third-order valence-electron chi connectivity index (χ3n) is 4.01. The summed E-state index contributed by atoms with van der Waals surface area (Å²) in [5.74, 6) is 0. The fourth-order valence-corrected chi connectivity index (χ4v) is 3.43. The number of benzene rings is 1. The van der Waals surface area contributed by atoms with E-state index < -0.39 is 0 Å². The van der Waals surface area contributed by atoms with E-state index in [1.807, 2.05) is 6.07 Å². The third kappa shape index (κ3) is 2.22. The molecule has 1 aromatic carbocycles. The number of fused-ring (bicyclic) bond motifs is 1. The van der Waals surface area contributed by atoms with Crippen molar-refractivity contribution in [2.45, 2.75) is 25.3 Å². The molecule has 92 valence electrons. The Balaban J connectivity index is 1.90. The molecule has 2 nitrogen and oxygen atoms in total. The van der Waals surface area contributed by atoms with Crippen molar-refractivity contribution in [3.63, 3.8) is 0 Å². The van der Waals surface area contributed by atoms with Gasteiger partial charge in [0.15, 0.2) is 0 Å². The van der Waals surface area contributed by atoms with Gasteiger partial charge < -0.3 is 5.32 Å². The fraction of sp³-hybridized carbons (Fsp3) is 0.571. The van der Waals surface area contributed by atoms with Crippen molar-refractivity contribution in [1.29, 1.82) is 0 Å². The Labute approximate surface area is 108 Å². The van der Waals surface area contributed by atoms with Crippen molar-refractivity contribution in [1.82, 2.24) is 10.2 Å². The van der Waals surface area contributed by atoms with Crippen LogP contribution in [0.1, 0.15) is 30.0 Å². The molecule has 0 saturated carbocycles. The lowest BCUT2D eigenvalue weighted by Gasteiger charge is -2.38. The van der Waals surface area contributed by atoms with Crippen LogP contribution in [0.2, 0.25) is 5.02 Å². The van der Waals surface area contributed by atoms with Crippen LogP contribution in [0.15, 0.2) is 18.2 Å². The predicted octanol–water partition coefficient (Wildman–Crippen LogP) is 2.62. The number of nitrogens with zero attached hydrogens (tertiary/aromatic N) is 1. The van der Waals surface area contributed by atoms with Crippen molar-refractivity contribution in [2.24, 2.45) is 0 Å². The summed E-state index contributed by atoms with van der Waals surface area (Å²) in [7, 11) is 0. The topological polar surface area (TPSA) is 15.3 Å². The van der Waals surface area contributed by atoms with Crippen molar-refractivity contribution in [3.8, 4) is 0 Å². The zero-order valence-electron chi connectivity index (χ0n) is 10.1. The first-order valence-electron chi connectivity index (χ1n) is 6.58. The highest BCUT2D eigenvalue weighted by atomic mass is 35.5. The van der Waals surface area contributed by atoms with E-state index in [-0.39, 0.29) is 0 Å². The molecule has 0 amide bonds. The minimum Gasteiger partial charge on any atom is -0.314 e. The van der Waals surface area contributed by atoms with Crippen LogP contribution in [0.4, 0.5) is 0 Å². The minimum absolute atomic E-state index is 0.597. The molecule has 1 fully saturated rings. The summed E-state index contributed by atoms with van der Waals surface area (Å²) >= 11 is 6.32. The minimum atomic E-state index is 0.597. The number of halogens is 1. The van der Waals surface area contributed by atoms with Gasteiger partial charge >= 0.3 is 0 Å². The van der Waals surface area contributed by atoms with Crippen LogP contribution in [0, 0.1) is 0 Å². The van der Waals surface area contributed by atoms with Crippen molar-refractivity contribution < 1.29 is 0 Å². The molecule has 0 radical (unpaired) electrons. The second kappa shape index (κ2) is 4.97. The number of piperazine rings is 1. The average molecular weight is 251 g/mol. The largest absolute Gasteiger partial charge is 0.314 e. The van der Waals surface area contributed by atoms with Gasteiger partial charge in [-0.3, -0.25) is 4.90 Å². The van der Waals surface area contributed by atoms with Crippen LogP contribution in [-0.2, 0) is 6.42 Å². The Kier molecular flexibility index (Phi) is 3.37. The Morgan fingerprint density at radius 2 is 2.06 bits per heavy atom. The van der Waals surface area contributed by atoms with Gasteiger partial charge in [-0.25, -0.2) is 0 Å². The summed E-state index contributed by atoms with van der Waals surface area (Å²) in [6.45, 7) is 4.56. The molecule has 1 heterocycles. The van der Waals surface area contributed by atoms with Gasteiger partial charge in [0.25, 0.3) is 0 Å². The molecule has 1 N–H and O–H groups in total. The maximum Gasteiger partial charge on any atom is 0.0441 e. The molecule has 2 aliphatic rings.